The number of hydrogen-bond acceptors (Lipinski definition) is 3. The van der Waals surface area contributed by atoms with Crippen molar-refractivity contribution in [2.75, 3.05) is 5.32 Å². The smallest absolute Gasteiger partial charge is 0.257 e. The highest BCUT2D eigenvalue weighted by Gasteiger charge is 2.09. The molecule has 3 aromatic rings. The second-order valence-corrected chi connectivity index (χ2v) is 4.43. The second kappa shape index (κ2) is 5.20. The fourth-order valence-electron chi connectivity index (χ4n) is 1.95. The SMILES string of the molecule is O=C(Nc1cc(=O)c2ccccc2o1)c1ccc(F)cc1. The number of amides is 1. The average molecular weight is 283 g/mol. The fourth-order valence-corrected chi connectivity index (χ4v) is 1.95. The predicted molar refractivity (Wildman–Crippen MR) is 76.8 cm³/mol. The van der Waals surface area contributed by atoms with E-state index in [0.717, 1.165) is 0 Å². The van der Waals surface area contributed by atoms with E-state index in [9.17, 15) is 14.0 Å². The topological polar surface area (TPSA) is 59.3 Å². The first-order chi connectivity index (χ1) is 10.1. The molecule has 0 aliphatic rings. The first-order valence-electron chi connectivity index (χ1n) is 6.23. The first-order valence-corrected chi connectivity index (χ1v) is 6.23. The highest BCUT2D eigenvalue weighted by molar-refractivity contribution is 6.03. The van der Waals surface area contributed by atoms with E-state index in [1.807, 2.05) is 0 Å². The molecule has 1 heterocycles. The highest BCUT2D eigenvalue weighted by atomic mass is 19.1. The number of hydrogen-bond donors (Lipinski definition) is 1. The minimum atomic E-state index is -0.478. The molecule has 0 saturated carbocycles. The van der Waals surface area contributed by atoms with Crippen LogP contribution in [0.25, 0.3) is 11.0 Å². The van der Waals surface area contributed by atoms with E-state index in [-0.39, 0.29) is 16.9 Å². The summed E-state index contributed by atoms with van der Waals surface area (Å²) in [6.07, 6.45) is 0. The van der Waals surface area contributed by atoms with Gasteiger partial charge >= 0.3 is 0 Å². The van der Waals surface area contributed by atoms with Crippen molar-refractivity contribution in [3.05, 3.63) is 76.2 Å². The summed E-state index contributed by atoms with van der Waals surface area (Å²) < 4.78 is 18.3. The summed E-state index contributed by atoms with van der Waals surface area (Å²) >= 11 is 0. The third-order valence-corrected chi connectivity index (χ3v) is 2.98. The molecule has 1 aromatic heterocycles. The number of carbonyl (C=O) groups excluding carboxylic acids is 1. The lowest BCUT2D eigenvalue weighted by atomic mass is 10.2. The molecule has 3 rings (SSSR count). The summed E-state index contributed by atoms with van der Waals surface area (Å²) in [7, 11) is 0. The van der Waals surface area contributed by atoms with Crippen LogP contribution < -0.4 is 10.7 Å². The molecule has 0 radical (unpaired) electrons. The van der Waals surface area contributed by atoms with Gasteiger partial charge in [0.15, 0.2) is 5.43 Å². The van der Waals surface area contributed by atoms with Crippen molar-refractivity contribution < 1.29 is 13.6 Å². The van der Waals surface area contributed by atoms with Crippen molar-refractivity contribution in [2.24, 2.45) is 0 Å². The molecule has 4 nitrogen and oxygen atoms in total. The third kappa shape index (κ3) is 2.67. The molecule has 21 heavy (non-hydrogen) atoms. The number of rotatable bonds is 2. The fraction of sp³-hybridized carbons (Fsp3) is 0. The van der Waals surface area contributed by atoms with Gasteiger partial charge in [-0.15, -0.1) is 0 Å². The van der Waals surface area contributed by atoms with Gasteiger partial charge in [0.2, 0.25) is 5.88 Å². The van der Waals surface area contributed by atoms with E-state index < -0.39 is 11.7 Å². The molecule has 2 aromatic carbocycles. The molecule has 0 bridgehead atoms. The maximum Gasteiger partial charge on any atom is 0.257 e. The van der Waals surface area contributed by atoms with Crippen LogP contribution in [0.15, 0.2) is 63.8 Å². The van der Waals surface area contributed by atoms with Gasteiger partial charge in [0.25, 0.3) is 5.91 Å². The molecule has 0 aliphatic carbocycles. The normalized spacial score (nSPS) is 10.5. The van der Waals surface area contributed by atoms with Gasteiger partial charge in [0.05, 0.1) is 5.39 Å². The highest BCUT2D eigenvalue weighted by Crippen LogP contribution is 2.16. The number of carbonyl (C=O) groups is 1. The Labute approximate surface area is 118 Å². The van der Waals surface area contributed by atoms with Gasteiger partial charge in [-0.2, -0.15) is 0 Å². The van der Waals surface area contributed by atoms with Crippen LogP contribution in [0.3, 0.4) is 0 Å². The molecule has 0 aliphatic heterocycles. The number of anilines is 1. The van der Waals surface area contributed by atoms with Gasteiger partial charge < -0.3 is 4.42 Å². The molecule has 0 unspecified atom stereocenters. The summed E-state index contributed by atoms with van der Waals surface area (Å²) in [4.78, 5) is 23.9. The van der Waals surface area contributed by atoms with Crippen LogP contribution in [0, 0.1) is 5.82 Å². The molecule has 104 valence electrons. The quantitative estimate of drug-likeness (QED) is 0.785. The Hall–Kier alpha value is -2.95. The Morgan fingerprint density at radius 2 is 1.76 bits per heavy atom. The first kappa shape index (κ1) is 13.1. The van der Waals surface area contributed by atoms with Crippen molar-refractivity contribution >= 4 is 22.8 Å². The Kier molecular flexibility index (Phi) is 3.23. The molecule has 1 N–H and O–H groups in total. The molecule has 5 heteroatoms. The zero-order valence-electron chi connectivity index (χ0n) is 10.8. The maximum atomic E-state index is 12.8. The number of benzene rings is 2. The van der Waals surface area contributed by atoms with Crippen LogP contribution >= 0.6 is 0 Å². The molecule has 0 saturated heterocycles. The largest absolute Gasteiger partial charge is 0.440 e. The average Bonchev–Trinajstić information content (AvgIpc) is 2.48. The van der Waals surface area contributed by atoms with Gasteiger partial charge in [0.1, 0.15) is 11.4 Å². The van der Waals surface area contributed by atoms with Crippen molar-refractivity contribution in [3.63, 3.8) is 0 Å². The van der Waals surface area contributed by atoms with Gasteiger partial charge in [-0.3, -0.25) is 14.9 Å². The summed E-state index contributed by atoms with van der Waals surface area (Å²) in [5.41, 5.74) is 0.415. The molecule has 1 amide bonds. The Morgan fingerprint density at radius 1 is 1.05 bits per heavy atom. The molecule has 0 spiro atoms. The number of para-hydroxylation sites is 1. The summed E-state index contributed by atoms with van der Waals surface area (Å²) in [5, 5.41) is 2.92. The van der Waals surface area contributed by atoms with Crippen LogP contribution in [0.5, 0.6) is 0 Å². The summed E-state index contributed by atoms with van der Waals surface area (Å²) in [5.74, 6) is -0.856. The maximum absolute atomic E-state index is 12.8. The molecule has 0 atom stereocenters. The van der Waals surface area contributed by atoms with Crippen LogP contribution in [0.2, 0.25) is 0 Å². The van der Waals surface area contributed by atoms with Crippen molar-refractivity contribution in [2.45, 2.75) is 0 Å². The zero-order chi connectivity index (χ0) is 14.8. The Balaban J connectivity index is 1.93. The van der Waals surface area contributed by atoms with Gasteiger partial charge in [-0.05, 0) is 36.4 Å². The van der Waals surface area contributed by atoms with E-state index in [4.69, 9.17) is 4.42 Å². The number of halogens is 1. The van der Waals surface area contributed by atoms with Gasteiger partial charge in [0, 0.05) is 11.6 Å². The lowest BCUT2D eigenvalue weighted by Crippen LogP contribution is -2.13. The van der Waals surface area contributed by atoms with Crippen molar-refractivity contribution in [1.82, 2.24) is 0 Å². The lowest BCUT2D eigenvalue weighted by molar-refractivity contribution is 0.102. The van der Waals surface area contributed by atoms with E-state index in [1.165, 1.54) is 30.3 Å². The monoisotopic (exact) mass is 283 g/mol. The summed E-state index contributed by atoms with van der Waals surface area (Å²) in [6, 6.07) is 13.0. The third-order valence-electron chi connectivity index (χ3n) is 2.98. The number of fused-ring (bicyclic) bond motifs is 1. The van der Waals surface area contributed by atoms with Crippen LogP contribution in [-0.2, 0) is 0 Å². The Morgan fingerprint density at radius 3 is 2.52 bits per heavy atom. The molecular formula is C16H10FNO3. The molecule has 0 fully saturated rings. The van der Waals surface area contributed by atoms with E-state index >= 15 is 0 Å². The van der Waals surface area contributed by atoms with Crippen LogP contribution in [-0.4, -0.2) is 5.91 Å². The van der Waals surface area contributed by atoms with E-state index in [2.05, 4.69) is 5.32 Å². The summed E-state index contributed by atoms with van der Waals surface area (Å²) in [6.45, 7) is 0. The standard InChI is InChI=1S/C16H10FNO3/c17-11-7-5-10(6-8-11)16(20)18-15-9-13(19)12-3-1-2-4-14(12)21-15/h1-9H,(H,18,20). The van der Waals surface area contributed by atoms with E-state index in [0.29, 0.717) is 11.0 Å². The van der Waals surface area contributed by atoms with Crippen molar-refractivity contribution in [3.8, 4) is 0 Å². The predicted octanol–water partition coefficient (Wildman–Crippen LogP) is 3.18. The van der Waals surface area contributed by atoms with Crippen molar-refractivity contribution in [1.29, 1.82) is 0 Å². The van der Waals surface area contributed by atoms with Gasteiger partial charge in [-0.25, -0.2) is 4.39 Å². The van der Waals surface area contributed by atoms with E-state index in [1.54, 1.807) is 24.3 Å². The second-order valence-electron chi connectivity index (χ2n) is 4.43. The minimum Gasteiger partial charge on any atom is -0.440 e. The minimum absolute atomic E-state index is 0.0491. The number of nitrogens with one attached hydrogen (secondary N) is 1. The van der Waals surface area contributed by atoms with Gasteiger partial charge in [-0.1, -0.05) is 12.1 Å². The van der Waals surface area contributed by atoms with Crippen LogP contribution in [0.4, 0.5) is 10.3 Å². The Bertz CT molecular complexity index is 869. The zero-order valence-corrected chi connectivity index (χ0v) is 10.8. The lowest BCUT2D eigenvalue weighted by Gasteiger charge is -2.05. The van der Waals surface area contributed by atoms with Crippen LogP contribution in [0.1, 0.15) is 10.4 Å². The molecular weight excluding hydrogens is 273 g/mol.